The Balaban J connectivity index is 1.82. The Labute approximate surface area is 147 Å². The van der Waals surface area contributed by atoms with E-state index in [4.69, 9.17) is 17.3 Å². The van der Waals surface area contributed by atoms with Gasteiger partial charge >= 0.3 is 0 Å². The standard InChI is InChI=1S/C19H22ClN3O/c1-2-13-5-7-14(8-6-13)19(24)22-17-12-18(16(21)11-15(17)20)23-9-3-4-10-23/h5-8,11-12H,2-4,9-10,21H2,1H3,(H,22,24). The summed E-state index contributed by atoms with van der Waals surface area (Å²) in [5.41, 5.74) is 10.1. The molecule has 2 aromatic carbocycles. The molecule has 0 aliphatic carbocycles. The Kier molecular flexibility index (Phi) is 4.95. The van der Waals surface area contributed by atoms with Crippen LogP contribution in [0.15, 0.2) is 36.4 Å². The summed E-state index contributed by atoms with van der Waals surface area (Å²) in [7, 11) is 0. The third-order valence-corrected chi connectivity index (χ3v) is 4.75. The predicted octanol–water partition coefficient (Wildman–Crippen LogP) is 4.34. The first kappa shape index (κ1) is 16.7. The average molecular weight is 344 g/mol. The number of rotatable bonds is 4. The summed E-state index contributed by atoms with van der Waals surface area (Å²) in [4.78, 5) is 14.7. The Morgan fingerprint density at radius 1 is 1.21 bits per heavy atom. The van der Waals surface area contributed by atoms with Crippen LogP contribution in [0.2, 0.25) is 5.02 Å². The molecule has 3 N–H and O–H groups in total. The molecule has 126 valence electrons. The van der Waals surface area contributed by atoms with E-state index in [0.29, 0.717) is 22.0 Å². The van der Waals surface area contributed by atoms with Crippen LogP contribution in [0.3, 0.4) is 0 Å². The molecular weight excluding hydrogens is 322 g/mol. The van der Waals surface area contributed by atoms with Crippen LogP contribution in [-0.4, -0.2) is 19.0 Å². The topological polar surface area (TPSA) is 58.4 Å². The van der Waals surface area contributed by atoms with Gasteiger partial charge in [-0.1, -0.05) is 30.7 Å². The van der Waals surface area contributed by atoms with E-state index in [9.17, 15) is 4.79 Å². The Bertz CT molecular complexity index is 737. The van der Waals surface area contributed by atoms with Gasteiger partial charge in [0.2, 0.25) is 0 Å². The first-order chi connectivity index (χ1) is 11.6. The number of nitrogens with one attached hydrogen (secondary N) is 1. The number of hydrogen-bond donors (Lipinski definition) is 2. The van der Waals surface area contributed by atoms with Gasteiger partial charge in [0.05, 0.1) is 22.1 Å². The largest absolute Gasteiger partial charge is 0.397 e. The van der Waals surface area contributed by atoms with E-state index in [1.165, 1.54) is 5.56 Å². The molecule has 1 amide bonds. The SMILES string of the molecule is CCc1ccc(C(=O)Nc2cc(N3CCCC3)c(N)cc2Cl)cc1. The van der Waals surface area contributed by atoms with Crippen molar-refractivity contribution in [1.82, 2.24) is 0 Å². The van der Waals surface area contributed by atoms with Crippen LogP contribution in [0.1, 0.15) is 35.7 Å². The maximum Gasteiger partial charge on any atom is 0.255 e. The molecule has 0 aromatic heterocycles. The lowest BCUT2D eigenvalue weighted by molar-refractivity contribution is 0.102. The maximum absolute atomic E-state index is 12.5. The van der Waals surface area contributed by atoms with Crippen molar-refractivity contribution in [1.29, 1.82) is 0 Å². The minimum atomic E-state index is -0.170. The molecule has 0 saturated carbocycles. The summed E-state index contributed by atoms with van der Waals surface area (Å²) in [6, 6.07) is 11.2. The van der Waals surface area contributed by atoms with Crippen LogP contribution in [0.5, 0.6) is 0 Å². The lowest BCUT2D eigenvalue weighted by Crippen LogP contribution is -2.20. The van der Waals surface area contributed by atoms with E-state index in [1.54, 1.807) is 6.07 Å². The molecule has 0 bridgehead atoms. The van der Waals surface area contributed by atoms with Crippen molar-refractivity contribution in [3.8, 4) is 0 Å². The van der Waals surface area contributed by atoms with Gasteiger partial charge in [-0.05, 0) is 49.1 Å². The zero-order valence-electron chi connectivity index (χ0n) is 13.8. The van der Waals surface area contributed by atoms with Crippen LogP contribution in [-0.2, 0) is 6.42 Å². The van der Waals surface area contributed by atoms with Crippen molar-refractivity contribution < 1.29 is 4.79 Å². The highest BCUT2D eigenvalue weighted by atomic mass is 35.5. The van der Waals surface area contributed by atoms with Crippen molar-refractivity contribution in [2.75, 3.05) is 29.0 Å². The molecule has 0 unspecified atom stereocenters. The highest BCUT2D eigenvalue weighted by molar-refractivity contribution is 6.34. The molecule has 0 spiro atoms. The predicted molar refractivity (Wildman–Crippen MR) is 101 cm³/mol. The normalized spacial score (nSPS) is 14.0. The number of carbonyl (C=O) groups is 1. The second kappa shape index (κ2) is 7.14. The van der Waals surface area contributed by atoms with Crippen molar-refractivity contribution in [3.05, 3.63) is 52.5 Å². The van der Waals surface area contributed by atoms with Crippen LogP contribution >= 0.6 is 11.6 Å². The number of benzene rings is 2. The van der Waals surface area contributed by atoms with Gasteiger partial charge in [0.25, 0.3) is 5.91 Å². The summed E-state index contributed by atoms with van der Waals surface area (Å²) in [6.45, 7) is 4.05. The van der Waals surface area contributed by atoms with E-state index in [1.807, 2.05) is 30.3 Å². The quantitative estimate of drug-likeness (QED) is 0.812. The molecule has 5 heteroatoms. The van der Waals surface area contributed by atoms with Crippen LogP contribution in [0, 0.1) is 0 Å². The summed E-state index contributed by atoms with van der Waals surface area (Å²) < 4.78 is 0. The molecule has 1 aliphatic heterocycles. The first-order valence-electron chi connectivity index (χ1n) is 8.32. The number of nitrogens with two attached hydrogens (primary N) is 1. The van der Waals surface area contributed by atoms with Gasteiger partial charge in [-0.2, -0.15) is 0 Å². The number of anilines is 3. The van der Waals surface area contributed by atoms with Crippen molar-refractivity contribution >= 4 is 34.6 Å². The van der Waals surface area contributed by atoms with E-state index in [-0.39, 0.29) is 5.91 Å². The molecule has 3 rings (SSSR count). The Morgan fingerprint density at radius 3 is 2.50 bits per heavy atom. The van der Waals surface area contributed by atoms with Gasteiger partial charge in [-0.3, -0.25) is 4.79 Å². The molecule has 1 aliphatic rings. The van der Waals surface area contributed by atoms with Crippen LogP contribution in [0.4, 0.5) is 17.1 Å². The fourth-order valence-electron chi connectivity index (χ4n) is 2.99. The van der Waals surface area contributed by atoms with Crippen molar-refractivity contribution in [2.45, 2.75) is 26.2 Å². The van der Waals surface area contributed by atoms with Crippen molar-refractivity contribution in [2.24, 2.45) is 0 Å². The summed E-state index contributed by atoms with van der Waals surface area (Å²) in [6.07, 6.45) is 3.27. The lowest BCUT2D eigenvalue weighted by Gasteiger charge is -2.21. The molecule has 0 radical (unpaired) electrons. The monoisotopic (exact) mass is 343 g/mol. The zero-order chi connectivity index (χ0) is 17.1. The summed E-state index contributed by atoms with van der Waals surface area (Å²) in [5.74, 6) is -0.170. The Hall–Kier alpha value is -2.20. The molecule has 1 heterocycles. The second-order valence-electron chi connectivity index (χ2n) is 6.09. The van der Waals surface area contributed by atoms with E-state index >= 15 is 0 Å². The van der Waals surface area contributed by atoms with Crippen molar-refractivity contribution in [3.63, 3.8) is 0 Å². The molecule has 0 atom stereocenters. The number of hydrogen-bond acceptors (Lipinski definition) is 3. The second-order valence-corrected chi connectivity index (χ2v) is 6.50. The number of halogens is 1. The molecule has 1 saturated heterocycles. The smallest absolute Gasteiger partial charge is 0.255 e. The van der Waals surface area contributed by atoms with Gasteiger partial charge in [0.1, 0.15) is 0 Å². The van der Waals surface area contributed by atoms with Gasteiger partial charge in [0, 0.05) is 18.7 Å². The minimum Gasteiger partial charge on any atom is -0.397 e. The number of nitrogens with zero attached hydrogens (tertiary/aromatic N) is 1. The Morgan fingerprint density at radius 2 is 1.88 bits per heavy atom. The van der Waals surface area contributed by atoms with Gasteiger partial charge in [0.15, 0.2) is 0 Å². The highest BCUT2D eigenvalue weighted by Gasteiger charge is 2.18. The van der Waals surface area contributed by atoms with E-state index < -0.39 is 0 Å². The fourth-order valence-corrected chi connectivity index (χ4v) is 3.21. The van der Waals surface area contributed by atoms with E-state index in [2.05, 4.69) is 17.1 Å². The number of aryl methyl sites for hydroxylation is 1. The fraction of sp³-hybridized carbons (Fsp3) is 0.316. The number of nitrogen functional groups attached to an aromatic ring is 1. The van der Waals surface area contributed by atoms with E-state index in [0.717, 1.165) is 38.0 Å². The third-order valence-electron chi connectivity index (χ3n) is 4.44. The molecule has 24 heavy (non-hydrogen) atoms. The minimum absolute atomic E-state index is 0.170. The molecule has 1 fully saturated rings. The number of carbonyl (C=O) groups excluding carboxylic acids is 1. The summed E-state index contributed by atoms with van der Waals surface area (Å²) >= 11 is 6.27. The summed E-state index contributed by atoms with van der Waals surface area (Å²) in [5, 5.41) is 3.35. The highest BCUT2D eigenvalue weighted by Crippen LogP contribution is 2.35. The zero-order valence-corrected chi connectivity index (χ0v) is 14.6. The van der Waals surface area contributed by atoms with Gasteiger partial charge in [-0.15, -0.1) is 0 Å². The number of amides is 1. The maximum atomic E-state index is 12.5. The average Bonchev–Trinajstić information content (AvgIpc) is 3.11. The van der Waals surface area contributed by atoms with Crippen LogP contribution < -0.4 is 16.0 Å². The lowest BCUT2D eigenvalue weighted by atomic mass is 10.1. The van der Waals surface area contributed by atoms with Gasteiger partial charge in [-0.25, -0.2) is 0 Å². The van der Waals surface area contributed by atoms with Crippen LogP contribution in [0.25, 0.3) is 0 Å². The first-order valence-corrected chi connectivity index (χ1v) is 8.70. The van der Waals surface area contributed by atoms with Gasteiger partial charge < -0.3 is 16.0 Å². The third kappa shape index (κ3) is 3.49. The molecule has 4 nitrogen and oxygen atoms in total. The molecular formula is C19H22ClN3O. The molecule has 2 aromatic rings.